The van der Waals surface area contributed by atoms with Crippen LogP contribution in [0.25, 0.3) is 0 Å². The summed E-state index contributed by atoms with van der Waals surface area (Å²) in [5.74, 6) is -3.44. The van der Waals surface area contributed by atoms with Crippen LogP contribution in [0.2, 0.25) is 0 Å². The maximum Gasteiger partial charge on any atom is 0.274 e. The number of carbonyl (C=O) groups excluding carboxylic acids is 2. The fraction of sp³-hybridized carbons (Fsp3) is 0.450. The third-order valence-electron chi connectivity index (χ3n) is 4.77. The van der Waals surface area contributed by atoms with Gasteiger partial charge in [0.15, 0.2) is 5.69 Å². The standard InChI is InChI=1S/C20H24F2N4O3/c1-11(2)29-13-8-6-12(7-9-13)24-20(28)18-16(10-23-26-18)25-19(27)17-14(21)4-3-5-15(17)22/h3-5,10-13H,6-9H2,1-2H3,(H,23,26)(H,24,28)(H,25,27)/t12-,13-. The fourth-order valence-corrected chi connectivity index (χ4v) is 3.44. The van der Waals surface area contributed by atoms with Crippen LogP contribution >= 0.6 is 0 Å². The van der Waals surface area contributed by atoms with Crippen LogP contribution in [0.3, 0.4) is 0 Å². The van der Waals surface area contributed by atoms with Crippen molar-refractivity contribution < 1.29 is 23.1 Å². The van der Waals surface area contributed by atoms with Gasteiger partial charge in [-0.1, -0.05) is 6.07 Å². The average Bonchev–Trinajstić information content (AvgIpc) is 3.11. The number of nitrogens with one attached hydrogen (secondary N) is 3. The molecular formula is C20H24F2N4O3. The molecule has 1 fully saturated rings. The Morgan fingerprint density at radius 2 is 1.79 bits per heavy atom. The van der Waals surface area contributed by atoms with Crippen LogP contribution in [0.15, 0.2) is 24.4 Å². The second kappa shape index (κ2) is 9.13. The Balaban J connectivity index is 1.61. The van der Waals surface area contributed by atoms with E-state index >= 15 is 0 Å². The van der Waals surface area contributed by atoms with E-state index in [0.29, 0.717) is 0 Å². The monoisotopic (exact) mass is 406 g/mol. The predicted molar refractivity (Wildman–Crippen MR) is 103 cm³/mol. The van der Waals surface area contributed by atoms with E-state index in [2.05, 4.69) is 20.8 Å². The van der Waals surface area contributed by atoms with E-state index in [1.54, 1.807) is 0 Å². The van der Waals surface area contributed by atoms with Crippen LogP contribution in [-0.4, -0.2) is 40.3 Å². The second-order valence-corrected chi connectivity index (χ2v) is 7.33. The molecule has 0 unspecified atom stereocenters. The Morgan fingerprint density at radius 1 is 1.14 bits per heavy atom. The third kappa shape index (κ3) is 5.17. The van der Waals surface area contributed by atoms with E-state index in [0.717, 1.165) is 37.8 Å². The summed E-state index contributed by atoms with van der Waals surface area (Å²) in [7, 11) is 0. The Kier molecular flexibility index (Phi) is 6.58. The molecule has 7 nitrogen and oxygen atoms in total. The Hall–Kier alpha value is -2.81. The number of aromatic nitrogens is 2. The Bertz CT molecular complexity index is 856. The molecule has 1 aliphatic carbocycles. The zero-order valence-corrected chi connectivity index (χ0v) is 16.3. The molecule has 2 aromatic rings. The lowest BCUT2D eigenvalue weighted by atomic mass is 9.92. The van der Waals surface area contributed by atoms with Gasteiger partial charge in [-0.25, -0.2) is 8.78 Å². The fourth-order valence-electron chi connectivity index (χ4n) is 3.44. The molecule has 0 bridgehead atoms. The van der Waals surface area contributed by atoms with Gasteiger partial charge in [-0.2, -0.15) is 5.10 Å². The van der Waals surface area contributed by atoms with Crippen LogP contribution in [0, 0.1) is 11.6 Å². The molecule has 0 aliphatic heterocycles. The van der Waals surface area contributed by atoms with E-state index in [1.807, 2.05) is 13.8 Å². The SMILES string of the molecule is CC(C)O[C@H]1CC[C@H](NC(=O)c2n[nH]cc2NC(=O)c2c(F)cccc2F)CC1. The van der Waals surface area contributed by atoms with E-state index in [9.17, 15) is 18.4 Å². The highest BCUT2D eigenvalue weighted by molar-refractivity contribution is 6.08. The highest BCUT2D eigenvalue weighted by Gasteiger charge is 2.26. The first-order valence-corrected chi connectivity index (χ1v) is 9.60. The minimum absolute atomic E-state index is 0.0289. The van der Waals surface area contributed by atoms with Crippen molar-refractivity contribution in [1.29, 1.82) is 0 Å². The summed E-state index contributed by atoms with van der Waals surface area (Å²) in [5, 5.41) is 11.6. The molecule has 3 rings (SSSR count). The molecule has 0 radical (unpaired) electrons. The number of carbonyl (C=O) groups is 2. The lowest BCUT2D eigenvalue weighted by Crippen LogP contribution is -2.40. The molecule has 29 heavy (non-hydrogen) atoms. The summed E-state index contributed by atoms with van der Waals surface area (Å²) in [5.41, 5.74) is -0.717. The number of ether oxygens (including phenoxy) is 1. The summed E-state index contributed by atoms with van der Waals surface area (Å²) >= 11 is 0. The van der Waals surface area contributed by atoms with Gasteiger partial charge in [0.25, 0.3) is 11.8 Å². The highest BCUT2D eigenvalue weighted by atomic mass is 19.1. The molecular weight excluding hydrogens is 382 g/mol. The van der Waals surface area contributed by atoms with Crippen LogP contribution < -0.4 is 10.6 Å². The quantitative estimate of drug-likeness (QED) is 0.685. The van der Waals surface area contributed by atoms with E-state index in [1.165, 1.54) is 12.3 Å². The minimum atomic E-state index is -0.998. The Morgan fingerprint density at radius 3 is 2.41 bits per heavy atom. The van der Waals surface area contributed by atoms with Crippen molar-refractivity contribution in [2.45, 2.75) is 57.8 Å². The van der Waals surface area contributed by atoms with Gasteiger partial charge < -0.3 is 15.4 Å². The summed E-state index contributed by atoms with van der Waals surface area (Å²) in [4.78, 5) is 24.8. The summed E-state index contributed by atoms with van der Waals surface area (Å²) < 4.78 is 33.4. The van der Waals surface area contributed by atoms with Gasteiger partial charge in [0, 0.05) is 12.2 Å². The number of nitrogens with zero attached hydrogens (tertiary/aromatic N) is 1. The lowest BCUT2D eigenvalue weighted by molar-refractivity contribution is -0.0159. The van der Waals surface area contributed by atoms with Crippen molar-refractivity contribution in [3.63, 3.8) is 0 Å². The van der Waals surface area contributed by atoms with Crippen molar-refractivity contribution >= 4 is 17.5 Å². The topological polar surface area (TPSA) is 96.1 Å². The molecule has 0 atom stereocenters. The van der Waals surface area contributed by atoms with Gasteiger partial charge >= 0.3 is 0 Å². The summed E-state index contributed by atoms with van der Waals surface area (Å²) in [6.07, 6.45) is 4.89. The van der Waals surface area contributed by atoms with Gasteiger partial charge in [-0.3, -0.25) is 14.7 Å². The first-order valence-electron chi connectivity index (χ1n) is 9.60. The van der Waals surface area contributed by atoms with Crippen molar-refractivity contribution in [3.8, 4) is 0 Å². The second-order valence-electron chi connectivity index (χ2n) is 7.33. The number of aromatic amines is 1. The molecule has 9 heteroatoms. The molecule has 2 amide bonds. The highest BCUT2D eigenvalue weighted by Crippen LogP contribution is 2.23. The van der Waals surface area contributed by atoms with Crippen LogP contribution in [0.4, 0.5) is 14.5 Å². The number of anilines is 1. The van der Waals surface area contributed by atoms with Crippen LogP contribution in [0.1, 0.15) is 60.4 Å². The smallest absolute Gasteiger partial charge is 0.274 e. The van der Waals surface area contributed by atoms with Gasteiger partial charge in [-0.05, 0) is 51.7 Å². The number of benzene rings is 1. The van der Waals surface area contributed by atoms with Gasteiger partial charge in [0.2, 0.25) is 0 Å². The van der Waals surface area contributed by atoms with E-state index < -0.39 is 29.0 Å². The molecule has 0 spiro atoms. The number of rotatable bonds is 6. The minimum Gasteiger partial charge on any atom is -0.376 e. The van der Waals surface area contributed by atoms with Crippen LogP contribution in [-0.2, 0) is 4.74 Å². The molecule has 3 N–H and O–H groups in total. The normalized spacial score (nSPS) is 19.2. The largest absolute Gasteiger partial charge is 0.376 e. The first kappa shape index (κ1) is 20.9. The molecule has 0 saturated heterocycles. The van der Waals surface area contributed by atoms with Gasteiger partial charge in [0.1, 0.15) is 17.2 Å². The van der Waals surface area contributed by atoms with Crippen molar-refractivity contribution in [3.05, 3.63) is 47.3 Å². The maximum absolute atomic E-state index is 13.8. The Labute approximate surface area is 167 Å². The number of amides is 2. The first-order chi connectivity index (χ1) is 13.8. The average molecular weight is 406 g/mol. The van der Waals surface area contributed by atoms with E-state index in [4.69, 9.17) is 4.74 Å². The molecule has 156 valence electrons. The van der Waals surface area contributed by atoms with Crippen molar-refractivity contribution in [2.24, 2.45) is 0 Å². The summed E-state index contributed by atoms with van der Waals surface area (Å²) in [6.45, 7) is 3.99. The van der Waals surface area contributed by atoms with E-state index in [-0.39, 0.29) is 29.6 Å². The maximum atomic E-state index is 13.8. The number of hydrogen-bond donors (Lipinski definition) is 3. The predicted octanol–water partition coefficient (Wildman–Crippen LogP) is 3.41. The van der Waals surface area contributed by atoms with Gasteiger partial charge in [0.05, 0.1) is 17.9 Å². The molecule has 1 aliphatic rings. The summed E-state index contributed by atoms with van der Waals surface area (Å²) in [6, 6.07) is 3.11. The van der Waals surface area contributed by atoms with Gasteiger partial charge in [-0.15, -0.1) is 0 Å². The molecule has 1 heterocycles. The lowest BCUT2D eigenvalue weighted by Gasteiger charge is -2.30. The number of hydrogen-bond acceptors (Lipinski definition) is 4. The van der Waals surface area contributed by atoms with Crippen LogP contribution in [0.5, 0.6) is 0 Å². The number of halogens is 2. The zero-order valence-electron chi connectivity index (χ0n) is 16.3. The molecule has 1 aromatic carbocycles. The van der Waals surface area contributed by atoms with Crippen molar-refractivity contribution in [1.82, 2.24) is 15.5 Å². The number of H-pyrrole nitrogens is 1. The van der Waals surface area contributed by atoms with Crippen molar-refractivity contribution in [2.75, 3.05) is 5.32 Å². The third-order valence-corrected chi connectivity index (χ3v) is 4.77. The molecule has 1 aromatic heterocycles. The zero-order chi connectivity index (χ0) is 21.0. The molecule has 1 saturated carbocycles.